The van der Waals surface area contributed by atoms with E-state index in [1.807, 2.05) is 13.8 Å². The van der Waals surface area contributed by atoms with E-state index in [9.17, 15) is 32.4 Å². The summed E-state index contributed by atoms with van der Waals surface area (Å²) in [5.74, 6) is -2.49. The molecule has 2 unspecified atom stereocenters. The zero-order valence-corrected chi connectivity index (χ0v) is 29.8. The topological polar surface area (TPSA) is 171 Å². The maximum absolute atomic E-state index is 14.5. The van der Waals surface area contributed by atoms with Crippen LogP contribution in [0.15, 0.2) is 0 Å². The van der Waals surface area contributed by atoms with Gasteiger partial charge in [-0.05, 0) is 61.7 Å². The highest BCUT2D eigenvalue weighted by Crippen LogP contribution is 2.65. The van der Waals surface area contributed by atoms with Gasteiger partial charge < -0.3 is 26.2 Å². The van der Waals surface area contributed by atoms with Crippen molar-refractivity contribution >= 4 is 39.4 Å². The van der Waals surface area contributed by atoms with Crippen LogP contribution < -0.4 is 21.3 Å². The van der Waals surface area contributed by atoms with Gasteiger partial charge in [0.1, 0.15) is 21.9 Å². The highest BCUT2D eigenvalue weighted by molar-refractivity contribution is 7.90. The highest BCUT2D eigenvalue weighted by Gasteiger charge is 2.69. The molecule has 5 amide bonds. The van der Waals surface area contributed by atoms with Crippen LogP contribution in [0.3, 0.4) is 0 Å². The molecule has 47 heavy (non-hydrogen) atoms. The van der Waals surface area contributed by atoms with Crippen molar-refractivity contribution in [2.75, 3.05) is 25.1 Å². The number of Topliss-reactive ketones (excluding diaryl/α,β-unsaturated/α-hetero) is 1. The van der Waals surface area contributed by atoms with Gasteiger partial charge in [0, 0.05) is 19.3 Å². The molecule has 13 heteroatoms. The first-order valence-electron chi connectivity index (χ1n) is 17.8. The summed E-state index contributed by atoms with van der Waals surface area (Å²) in [6.07, 6.45) is 10.9. The Morgan fingerprint density at radius 3 is 2.13 bits per heavy atom. The van der Waals surface area contributed by atoms with Gasteiger partial charge >= 0.3 is 6.03 Å². The number of nitrogens with one attached hydrogen (secondary N) is 4. The third-order valence-electron chi connectivity index (χ3n) is 11.1. The van der Waals surface area contributed by atoms with Crippen LogP contribution in [0.4, 0.5) is 4.79 Å². The number of hydrogen-bond donors (Lipinski definition) is 4. The van der Waals surface area contributed by atoms with E-state index in [1.54, 1.807) is 4.90 Å². The van der Waals surface area contributed by atoms with Gasteiger partial charge in [-0.25, -0.2) is 13.2 Å². The van der Waals surface area contributed by atoms with Crippen LogP contribution >= 0.6 is 0 Å². The molecule has 0 radical (unpaired) electrons. The van der Waals surface area contributed by atoms with Crippen LogP contribution in [-0.4, -0.2) is 91.6 Å². The zero-order chi connectivity index (χ0) is 34.6. The standard InChI is InChI=1S/C34H57N5O7S/c1-6-14-24(28(40)30(42)35-19-7-2)36-29(41)27-25-23(33(25,3)4)20-39(27)31(43)26(22-15-10-8-11-16-22)37-32(44)38-34(21-47(5,45)46)17-12-9-13-18-34/h22-27H,6-21H2,1-5H3,(H,35,42)(H,36,41)(H2,37,38,44)/t23-,24?,25?,26-,27-/m0/s1. The second-order valence-corrected chi connectivity index (χ2v) is 17.4. The van der Waals surface area contributed by atoms with Crippen molar-refractivity contribution in [1.29, 1.82) is 0 Å². The average molecular weight is 680 g/mol. The number of urea groups is 1. The van der Waals surface area contributed by atoms with Gasteiger partial charge in [0.15, 0.2) is 0 Å². The van der Waals surface area contributed by atoms with Crippen LogP contribution in [0.1, 0.15) is 111 Å². The Hall–Kier alpha value is -2.70. The van der Waals surface area contributed by atoms with E-state index < -0.39 is 57.1 Å². The van der Waals surface area contributed by atoms with Crippen molar-refractivity contribution in [2.45, 2.75) is 135 Å². The molecule has 1 saturated heterocycles. The molecule has 12 nitrogen and oxygen atoms in total. The number of rotatable bonds is 14. The van der Waals surface area contributed by atoms with Crippen molar-refractivity contribution in [2.24, 2.45) is 23.2 Å². The fraction of sp³-hybridized carbons (Fsp3) is 0.853. The summed E-state index contributed by atoms with van der Waals surface area (Å²) < 4.78 is 24.7. The van der Waals surface area contributed by atoms with Crippen LogP contribution in [0.25, 0.3) is 0 Å². The number of nitrogens with zero attached hydrogens (tertiary/aromatic N) is 1. The number of hydrogen-bond acceptors (Lipinski definition) is 7. The third kappa shape index (κ3) is 8.86. The van der Waals surface area contributed by atoms with E-state index in [-0.39, 0.29) is 34.8 Å². The smallest absolute Gasteiger partial charge is 0.315 e. The molecule has 4 aliphatic rings. The Labute approximate surface area is 280 Å². The molecule has 4 fully saturated rings. The largest absolute Gasteiger partial charge is 0.349 e. The molecule has 0 aromatic rings. The number of carbonyl (C=O) groups excluding carboxylic acids is 5. The predicted molar refractivity (Wildman–Crippen MR) is 179 cm³/mol. The molecular weight excluding hydrogens is 622 g/mol. The second kappa shape index (κ2) is 15.2. The van der Waals surface area contributed by atoms with E-state index in [4.69, 9.17) is 0 Å². The fourth-order valence-corrected chi connectivity index (χ4v) is 9.96. The van der Waals surface area contributed by atoms with E-state index in [0.717, 1.165) is 51.4 Å². The number of sulfone groups is 1. The minimum atomic E-state index is -3.38. The first kappa shape index (κ1) is 37.1. The summed E-state index contributed by atoms with van der Waals surface area (Å²) in [5.41, 5.74) is -1.06. The van der Waals surface area contributed by atoms with Crippen molar-refractivity contribution in [3.8, 4) is 0 Å². The van der Waals surface area contributed by atoms with Crippen LogP contribution in [0, 0.1) is 23.2 Å². The van der Waals surface area contributed by atoms with Gasteiger partial charge in [0.25, 0.3) is 5.91 Å². The van der Waals surface area contributed by atoms with Gasteiger partial charge in [-0.1, -0.05) is 72.6 Å². The monoisotopic (exact) mass is 679 g/mol. The van der Waals surface area contributed by atoms with Crippen LogP contribution in [0.5, 0.6) is 0 Å². The van der Waals surface area contributed by atoms with E-state index in [0.29, 0.717) is 45.2 Å². The summed E-state index contributed by atoms with van der Waals surface area (Å²) in [4.78, 5) is 69.4. The van der Waals surface area contributed by atoms with Crippen LogP contribution in [-0.2, 0) is 29.0 Å². The Morgan fingerprint density at radius 1 is 0.894 bits per heavy atom. The number of fused-ring (bicyclic) bond motifs is 1. The lowest BCUT2D eigenvalue weighted by molar-refractivity contribution is -0.144. The molecule has 3 aliphatic carbocycles. The second-order valence-electron chi connectivity index (χ2n) is 15.2. The minimum Gasteiger partial charge on any atom is -0.349 e. The number of piperidine rings is 1. The number of ketones is 1. The predicted octanol–water partition coefficient (Wildman–Crippen LogP) is 2.85. The Kier molecular flexibility index (Phi) is 12.0. The summed E-state index contributed by atoms with van der Waals surface area (Å²) >= 11 is 0. The molecule has 266 valence electrons. The van der Waals surface area contributed by atoms with E-state index >= 15 is 0 Å². The average Bonchev–Trinajstić information content (AvgIpc) is 3.32. The molecule has 3 saturated carbocycles. The molecule has 0 aromatic heterocycles. The van der Waals surface area contributed by atoms with Gasteiger partial charge in [-0.2, -0.15) is 0 Å². The molecular formula is C34H57N5O7S. The molecule has 5 atom stereocenters. The first-order valence-corrected chi connectivity index (χ1v) is 19.9. The Morgan fingerprint density at radius 2 is 1.53 bits per heavy atom. The third-order valence-corrected chi connectivity index (χ3v) is 12.2. The van der Waals surface area contributed by atoms with E-state index in [1.165, 1.54) is 6.26 Å². The van der Waals surface area contributed by atoms with E-state index in [2.05, 4.69) is 35.1 Å². The SMILES string of the molecule is CCCNC(=O)C(=O)C(CCC)NC(=O)[C@@H]1C2[C@H](CN1C(=O)[C@@H](NC(=O)NC1(CS(C)(=O)=O)CCCCC1)C1CCCCC1)C2(C)C. The van der Waals surface area contributed by atoms with Gasteiger partial charge in [-0.3, -0.25) is 19.2 Å². The molecule has 1 aliphatic heterocycles. The lowest BCUT2D eigenvalue weighted by Gasteiger charge is -2.40. The number of carbonyl (C=O) groups is 5. The Balaban J connectivity index is 1.56. The summed E-state index contributed by atoms with van der Waals surface area (Å²) in [5, 5.41) is 11.4. The van der Waals surface area contributed by atoms with Crippen molar-refractivity contribution in [3.05, 3.63) is 0 Å². The molecule has 1 heterocycles. The first-order chi connectivity index (χ1) is 22.1. The van der Waals surface area contributed by atoms with Gasteiger partial charge in [-0.15, -0.1) is 0 Å². The summed E-state index contributed by atoms with van der Waals surface area (Å²) in [6, 6.07) is -3.27. The number of amides is 5. The molecule has 0 bridgehead atoms. The molecule has 4 N–H and O–H groups in total. The maximum Gasteiger partial charge on any atom is 0.315 e. The van der Waals surface area contributed by atoms with Crippen molar-refractivity contribution in [3.63, 3.8) is 0 Å². The van der Waals surface area contributed by atoms with Crippen LogP contribution in [0.2, 0.25) is 0 Å². The quantitative estimate of drug-likeness (QED) is 0.205. The molecule has 0 aromatic carbocycles. The maximum atomic E-state index is 14.5. The van der Waals surface area contributed by atoms with Gasteiger partial charge in [0.05, 0.1) is 17.3 Å². The fourth-order valence-electron chi connectivity index (χ4n) is 8.59. The van der Waals surface area contributed by atoms with Gasteiger partial charge in [0.2, 0.25) is 17.6 Å². The highest BCUT2D eigenvalue weighted by atomic mass is 32.2. The Bertz CT molecular complexity index is 1290. The summed E-state index contributed by atoms with van der Waals surface area (Å²) in [6.45, 7) is 8.64. The minimum absolute atomic E-state index is 0.0940. The lowest BCUT2D eigenvalue weighted by Crippen LogP contribution is -2.63. The van der Waals surface area contributed by atoms with Crippen molar-refractivity contribution < 1.29 is 32.4 Å². The molecule has 4 rings (SSSR count). The number of likely N-dealkylation sites (tertiary alicyclic amines) is 1. The van der Waals surface area contributed by atoms with Crippen molar-refractivity contribution in [1.82, 2.24) is 26.2 Å². The zero-order valence-electron chi connectivity index (χ0n) is 29.0. The molecule has 0 spiro atoms. The summed E-state index contributed by atoms with van der Waals surface area (Å²) in [7, 11) is -3.38. The lowest BCUT2D eigenvalue weighted by atomic mass is 9.82. The normalized spacial score (nSPS) is 26.3.